The molecule has 0 saturated heterocycles. The molecule has 166 valence electrons. The van der Waals surface area contributed by atoms with Gasteiger partial charge in [-0.2, -0.15) is 0 Å². The maximum atomic E-state index is 12.0. The van der Waals surface area contributed by atoms with Crippen molar-refractivity contribution in [2.75, 3.05) is 21.3 Å². The lowest BCUT2D eigenvalue weighted by atomic mass is 10.0. The number of hydrogen-bond donors (Lipinski definition) is 1. The molecule has 0 aliphatic carbocycles. The van der Waals surface area contributed by atoms with Crippen LogP contribution >= 0.6 is 0 Å². The monoisotopic (exact) mass is 434 g/mol. The first-order valence-electron chi connectivity index (χ1n) is 10.5. The highest BCUT2D eigenvalue weighted by atomic mass is 16.5. The molecule has 2 heterocycles. The van der Waals surface area contributed by atoms with E-state index in [4.69, 9.17) is 14.2 Å². The number of unbranched alkanes of at least 4 members (excludes halogenated alkanes) is 1. The topological polar surface area (TPSA) is 82.8 Å². The van der Waals surface area contributed by atoms with Gasteiger partial charge in [-0.05, 0) is 30.7 Å². The Labute approximate surface area is 186 Å². The Morgan fingerprint density at radius 1 is 1.00 bits per heavy atom. The lowest BCUT2D eigenvalue weighted by molar-refractivity contribution is 0.0691. The molecular weight excluding hydrogens is 408 g/mol. The van der Waals surface area contributed by atoms with Gasteiger partial charge in [0.15, 0.2) is 11.5 Å². The van der Waals surface area contributed by atoms with Crippen LogP contribution in [0.1, 0.15) is 30.3 Å². The lowest BCUT2D eigenvalue weighted by Gasteiger charge is -2.16. The van der Waals surface area contributed by atoms with Gasteiger partial charge in [-0.1, -0.05) is 31.5 Å². The minimum Gasteiger partial charge on any atom is -0.493 e. The molecule has 0 spiro atoms. The molecule has 2 aromatic heterocycles. The highest BCUT2D eigenvalue weighted by Gasteiger charge is 2.22. The van der Waals surface area contributed by atoms with E-state index in [2.05, 4.69) is 22.5 Å². The molecule has 0 radical (unpaired) electrons. The molecule has 32 heavy (non-hydrogen) atoms. The van der Waals surface area contributed by atoms with E-state index in [0.29, 0.717) is 28.5 Å². The zero-order valence-electron chi connectivity index (χ0n) is 18.6. The number of methoxy groups -OCH3 is 3. The number of aromatic carboxylic acids is 1. The molecule has 0 saturated carbocycles. The number of pyridine rings is 1. The molecule has 0 atom stereocenters. The number of hydrogen-bond acceptors (Lipinski definition) is 5. The molecule has 0 fully saturated rings. The molecular formula is C25H26N2O5. The van der Waals surface area contributed by atoms with E-state index in [1.54, 1.807) is 39.5 Å². The summed E-state index contributed by atoms with van der Waals surface area (Å²) < 4.78 is 18.7. The average molecular weight is 434 g/mol. The Morgan fingerprint density at radius 3 is 2.28 bits per heavy atom. The normalized spacial score (nSPS) is 11.1. The Kier molecular flexibility index (Phi) is 5.90. The van der Waals surface area contributed by atoms with Gasteiger partial charge in [-0.15, -0.1) is 0 Å². The number of carboxylic acid groups (broad SMARTS) is 1. The summed E-state index contributed by atoms with van der Waals surface area (Å²) in [6.07, 6.45) is 2.03. The Balaban J connectivity index is 2.14. The van der Waals surface area contributed by atoms with Gasteiger partial charge in [-0.25, -0.2) is 9.78 Å². The summed E-state index contributed by atoms with van der Waals surface area (Å²) in [5.41, 5.74) is 3.17. The summed E-state index contributed by atoms with van der Waals surface area (Å²) >= 11 is 0. The van der Waals surface area contributed by atoms with Crippen molar-refractivity contribution in [3.05, 3.63) is 48.2 Å². The van der Waals surface area contributed by atoms with Crippen molar-refractivity contribution in [3.63, 3.8) is 0 Å². The minimum atomic E-state index is -1.08. The van der Waals surface area contributed by atoms with Crippen molar-refractivity contribution >= 4 is 27.8 Å². The average Bonchev–Trinajstić information content (AvgIpc) is 3.14. The number of carboxylic acids is 1. The van der Waals surface area contributed by atoms with Crippen LogP contribution in [0, 0.1) is 0 Å². The van der Waals surface area contributed by atoms with Gasteiger partial charge in [0.1, 0.15) is 5.69 Å². The van der Waals surface area contributed by atoms with E-state index in [9.17, 15) is 9.90 Å². The van der Waals surface area contributed by atoms with Crippen LogP contribution in [-0.2, 0) is 6.54 Å². The largest absolute Gasteiger partial charge is 0.493 e. The fourth-order valence-electron chi connectivity index (χ4n) is 4.15. The van der Waals surface area contributed by atoms with Crippen LogP contribution in [0.15, 0.2) is 42.5 Å². The SMILES string of the molecule is CCCCn1c2ccccc2c2cc(C(=O)O)nc(-c3cc(OC)c(OC)c(OC)c3)c21. The predicted octanol–water partition coefficient (Wildman–Crippen LogP) is 5.38. The van der Waals surface area contributed by atoms with Gasteiger partial charge in [-0.3, -0.25) is 0 Å². The first-order valence-corrected chi connectivity index (χ1v) is 10.5. The Hall–Kier alpha value is -3.74. The molecule has 0 bridgehead atoms. The molecule has 0 amide bonds. The van der Waals surface area contributed by atoms with Crippen LogP contribution < -0.4 is 14.2 Å². The quantitative estimate of drug-likeness (QED) is 0.401. The number of fused-ring (bicyclic) bond motifs is 3. The number of benzene rings is 2. The van der Waals surface area contributed by atoms with E-state index < -0.39 is 5.97 Å². The first-order chi connectivity index (χ1) is 15.5. The van der Waals surface area contributed by atoms with E-state index in [1.807, 2.05) is 18.2 Å². The van der Waals surface area contributed by atoms with Gasteiger partial charge >= 0.3 is 5.97 Å². The van der Waals surface area contributed by atoms with Gasteiger partial charge in [0.25, 0.3) is 0 Å². The van der Waals surface area contributed by atoms with Crippen molar-refractivity contribution in [3.8, 4) is 28.5 Å². The molecule has 0 aliphatic heterocycles. The summed E-state index contributed by atoms with van der Waals surface area (Å²) in [5, 5.41) is 11.6. The van der Waals surface area contributed by atoms with Gasteiger partial charge in [0.2, 0.25) is 5.75 Å². The van der Waals surface area contributed by atoms with Crippen molar-refractivity contribution < 1.29 is 24.1 Å². The van der Waals surface area contributed by atoms with E-state index in [-0.39, 0.29) is 5.69 Å². The van der Waals surface area contributed by atoms with Crippen molar-refractivity contribution in [2.24, 2.45) is 0 Å². The first kappa shape index (κ1) is 21.5. The second-order valence-electron chi connectivity index (χ2n) is 7.49. The molecule has 7 nitrogen and oxygen atoms in total. The maximum Gasteiger partial charge on any atom is 0.354 e. The molecule has 4 aromatic rings. The zero-order valence-corrected chi connectivity index (χ0v) is 18.6. The van der Waals surface area contributed by atoms with Crippen LogP contribution in [0.4, 0.5) is 0 Å². The summed E-state index contributed by atoms with van der Waals surface area (Å²) in [4.78, 5) is 16.5. The Morgan fingerprint density at radius 2 is 1.69 bits per heavy atom. The summed E-state index contributed by atoms with van der Waals surface area (Å²) in [6, 6.07) is 13.3. The van der Waals surface area contributed by atoms with Gasteiger partial charge < -0.3 is 23.9 Å². The third-order valence-corrected chi connectivity index (χ3v) is 5.64. The molecule has 0 aliphatic rings. The molecule has 2 aromatic carbocycles. The highest BCUT2D eigenvalue weighted by molar-refractivity contribution is 6.13. The van der Waals surface area contributed by atoms with Crippen molar-refractivity contribution in [2.45, 2.75) is 26.3 Å². The fourth-order valence-corrected chi connectivity index (χ4v) is 4.15. The highest BCUT2D eigenvalue weighted by Crippen LogP contribution is 2.43. The third-order valence-electron chi connectivity index (χ3n) is 5.64. The van der Waals surface area contributed by atoms with Crippen LogP contribution in [0.3, 0.4) is 0 Å². The molecule has 7 heteroatoms. The number of carbonyl (C=O) groups is 1. The number of rotatable bonds is 8. The Bertz CT molecular complexity index is 1280. The molecule has 4 rings (SSSR count). The molecule has 0 unspecified atom stereocenters. The van der Waals surface area contributed by atoms with Crippen molar-refractivity contribution in [1.29, 1.82) is 0 Å². The summed E-state index contributed by atoms with van der Waals surface area (Å²) in [5.74, 6) is 0.351. The van der Waals surface area contributed by atoms with Gasteiger partial charge in [0, 0.05) is 28.4 Å². The summed E-state index contributed by atoms with van der Waals surface area (Å²) in [6.45, 7) is 2.95. The second kappa shape index (κ2) is 8.78. The van der Waals surface area contributed by atoms with Crippen molar-refractivity contribution in [1.82, 2.24) is 9.55 Å². The number of aromatic nitrogens is 2. The second-order valence-corrected chi connectivity index (χ2v) is 7.49. The number of ether oxygens (including phenoxy) is 3. The smallest absolute Gasteiger partial charge is 0.354 e. The van der Waals surface area contributed by atoms with Crippen LogP contribution in [0.2, 0.25) is 0 Å². The number of para-hydroxylation sites is 1. The van der Waals surface area contributed by atoms with E-state index >= 15 is 0 Å². The molecule has 1 N–H and O–H groups in total. The number of nitrogens with zero attached hydrogens (tertiary/aromatic N) is 2. The van der Waals surface area contributed by atoms with Crippen LogP contribution in [0.5, 0.6) is 17.2 Å². The van der Waals surface area contributed by atoms with E-state index in [0.717, 1.165) is 41.2 Å². The third kappa shape index (κ3) is 3.49. The van der Waals surface area contributed by atoms with Crippen LogP contribution in [-0.4, -0.2) is 42.0 Å². The van der Waals surface area contributed by atoms with Crippen LogP contribution in [0.25, 0.3) is 33.1 Å². The fraction of sp³-hybridized carbons (Fsp3) is 0.280. The maximum absolute atomic E-state index is 12.0. The summed E-state index contributed by atoms with van der Waals surface area (Å²) in [7, 11) is 4.65. The van der Waals surface area contributed by atoms with Gasteiger partial charge in [0.05, 0.1) is 32.5 Å². The zero-order chi connectivity index (χ0) is 22.8. The minimum absolute atomic E-state index is 0.0142. The lowest BCUT2D eigenvalue weighted by Crippen LogP contribution is -2.05. The van der Waals surface area contributed by atoms with E-state index in [1.165, 1.54) is 0 Å². The number of aryl methyl sites for hydroxylation is 1. The standard InChI is InChI=1S/C25H26N2O5/c1-5-6-11-27-19-10-8-7-9-16(19)17-14-18(25(28)29)26-22(23(17)27)15-12-20(30-2)24(32-4)21(13-15)31-3/h7-10,12-14H,5-6,11H2,1-4H3,(H,28,29). The predicted molar refractivity (Wildman–Crippen MR) is 124 cm³/mol.